The molecule has 1 aromatic heterocycles. The number of hydrogen-bond acceptors (Lipinski definition) is 5. The van der Waals surface area contributed by atoms with Gasteiger partial charge in [-0.2, -0.15) is 13.2 Å². The van der Waals surface area contributed by atoms with Crippen LogP contribution >= 0.6 is 0 Å². The number of benzene rings is 2. The Kier molecular flexibility index (Phi) is 7.54. The minimum atomic E-state index is -4.42. The molecule has 1 N–H and O–H groups in total. The minimum Gasteiger partial charge on any atom is -0.490 e. The monoisotopic (exact) mass is 446 g/mol. The number of ether oxygens (including phenoxy) is 3. The molecule has 0 saturated carbocycles. The maximum atomic E-state index is 12.6. The van der Waals surface area contributed by atoms with Crippen LogP contribution in [0.1, 0.15) is 22.8 Å². The quantitative estimate of drug-likeness (QED) is 0.486. The van der Waals surface area contributed by atoms with Gasteiger partial charge in [0.05, 0.1) is 6.61 Å². The number of nitrogens with zero attached hydrogens (tertiary/aromatic N) is 1. The summed E-state index contributed by atoms with van der Waals surface area (Å²) in [5.74, 6) is 0.543. The Labute approximate surface area is 183 Å². The van der Waals surface area contributed by atoms with Gasteiger partial charge in [-0.15, -0.1) is 0 Å². The topological polar surface area (TPSA) is 69.7 Å². The van der Waals surface area contributed by atoms with E-state index in [1.54, 1.807) is 30.6 Å². The molecule has 0 radical (unpaired) electrons. The Morgan fingerprint density at radius 3 is 2.44 bits per heavy atom. The second-order valence-corrected chi connectivity index (χ2v) is 6.63. The maximum absolute atomic E-state index is 12.6. The Bertz CT molecular complexity index is 1030. The molecule has 0 aliphatic carbocycles. The summed E-state index contributed by atoms with van der Waals surface area (Å²) in [4.78, 5) is 16.6. The van der Waals surface area contributed by atoms with E-state index in [4.69, 9.17) is 9.47 Å². The summed E-state index contributed by atoms with van der Waals surface area (Å²) in [6.07, 6.45) is -1.05. The fourth-order valence-corrected chi connectivity index (χ4v) is 2.68. The van der Waals surface area contributed by atoms with Gasteiger partial charge in [0.15, 0.2) is 18.1 Å². The summed E-state index contributed by atoms with van der Waals surface area (Å²) in [5, 5.41) is 2.68. The van der Waals surface area contributed by atoms with Crippen LogP contribution < -0.4 is 19.5 Å². The van der Waals surface area contributed by atoms with Crippen molar-refractivity contribution < 1.29 is 32.2 Å². The summed E-state index contributed by atoms with van der Waals surface area (Å²) < 4.78 is 52.7. The van der Waals surface area contributed by atoms with Gasteiger partial charge in [0.2, 0.25) is 0 Å². The van der Waals surface area contributed by atoms with Crippen LogP contribution in [-0.2, 0) is 6.61 Å². The lowest BCUT2D eigenvalue weighted by Crippen LogP contribution is -2.19. The summed E-state index contributed by atoms with van der Waals surface area (Å²) in [6, 6.07) is 14.1. The zero-order chi connectivity index (χ0) is 23.0. The molecule has 0 aliphatic heterocycles. The van der Waals surface area contributed by atoms with Crippen molar-refractivity contribution >= 4 is 11.6 Å². The predicted molar refractivity (Wildman–Crippen MR) is 112 cm³/mol. The Balaban J connectivity index is 1.65. The number of alkyl halides is 3. The highest BCUT2D eigenvalue weighted by atomic mass is 19.4. The van der Waals surface area contributed by atoms with Crippen molar-refractivity contribution in [1.29, 1.82) is 0 Å². The number of carbonyl (C=O) groups excluding carboxylic acids is 1. The molecule has 32 heavy (non-hydrogen) atoms. The van der Waals surface area contributed by atoms with Crippen molar-refractivity contribution in [2.24, 2.45) is 0 Å². The van der Waals surface area contributed by atoms with Crippen molar-refractivity contribution in [2.45, 2.75) is 19.7 Å². The van der Waals surface area contributed by atoms with E-state index < -0.39 is 18.7 Å². The molecule has 0 spiro atoms. The molecule has 0 aliphatic rings. The lowest BCUT2D eigenvalue weighted by Gasteiger charge is -2.14. The van der Waals surface area contributed by atoms with Gasteiger partial charge < -0.3 is 19.5 Å². The number of aromatic nitrogens is 1. The van der Waals surface area contributed by atoms with E-state index in [2.05, 4.69) is 15.0 Å². The van der Waals surface area contributed by atoms with Crippen molar-refractivity contribution in [2.75, 3.05) is 18.5 Å². The molecule has 3 rings (SSSR count). The molecular weight excluding hydrogens is 425 g/mol. The fraction of sp³-hybridized carbons (Fsp3) is 0.217. The van der Waals surface area contributed by atoms with Crippen LogP contribution in [0.5, 0.6) is 17.2 Å². The Morgan fingerprint density at radius 1 is 1.00 bits per heavy atom. The number of amides is 1. The van der Waals surface area contributed by atoms with Crippen LogP contribution in [0.25, 0.3) is 0 Å². The van der Waals surface area contributed by atoms with E-state index in [1.165, 1.54) is 24.3 Å². The molecular formula is C23H21F3N2O4. The third-order valence-corrected chi connectivity index (χ3v) is 4.14. The number of carbonyl (C=O) groups is 1. The second kappa shape index (κ2) is 10.5. The van der Waals surface area contributed by atoms with Gasteiger partial charge in [-0.25, -0.2) is 0 Å². The molecule has 1 amide bonds. The average Bonchev–Trinajstić information content (AvgIpc) is 2.78. The zero-order valence-electron chi connectivity index (χ0n) is 17.2. The van der Waals surface area contributed by atoms with Gasteiger partial charge in [-0.05, 0) is 55.5 Å². The van der Waals surface area contributed by atoms with Crippen LogP contribution in [0.3, 0.4) is 0 Å². The molecule has 9 heteroatoms. The van der Waals surface area contributed by atoms with E-state index in [9.17, 15) is 18.0 Å². The van der Waals surface area contributed by atoms with E-state index in [0.29, 0.717) is 36.0 Å². The van der Waals surface area contributed by atoms with Gasteiger partial charge in [-0.1, -0.05) is 6.07 Å². The first-order valence-electron chi connectivity index (χ1n) is 9.73. The van der Waals surface area contributed by atoms with Crippen LogP contribution in [0.15, 0.2) is 67.0 Å². The molecule has 168 valence electrons. The first-order chi connectivity index (χ1) is 15.3. The number of anilines is 1. The number of hydrogen-bond donors (Lipinski definition) is 1. The minimum absolute atomic E-state index is 0.0501. The predicted octanol–water partition coefficient (Wildman–Crippen LogP) is 5.25. The Morgan fingerprint density at radius 2 is 1.78 bits per heavy atom. The zero-order valence-corrected chi connectivity index (χ0v) is 17.2. The summed E-state index contributed by atoms with van der Waals surface area (Å²) in [7, 11) is 0. The van der Waals surface area contributed by atoms with Crippen molar-refractivity contribution in [3.63, 3.8) is 0 Å². The van der Waals surface area contributed by atoms with Crippen LogP contribution in [0.4, 0.5) is 18.9 Å². The van der Waals surface area contributed by atoms with Crippen molar-refractivity contribution in [3.8, 4) is 17.2 Å². The molecule has 6 nitrogen and oxygen atoms in total. The smallest absolute Gasteiger partial charge is 0.422 e. The Hall–Kier alpha value is -3.75. The van der Waals surface area contributed by atoms with Gasteiger partial charge in [0.25, 0.3) is 5.91 Å². The summed E-state index contributed by atoms with van der Waals surface area (Å²) in [5.41, 5.74) is 1.63. The SMILES string of the molecule is CCOc1cc(C(=O)Nc2ccc(OCC(F)(F)F)cc2)ccc1OCc1cccnc1. The normalized spacial score (nSPS) is 11.0. The van der Waals surface area contributed by atoms with E-state index in [-0.39, 0.29) is 5.75 Å². The third kappa shape index (κ3) is 6.90. The molecule has 0 fully saturated rings. The first-order valence-corrected chi connectivity index (χ1v) is 9.73. The molecule has 3 aromatic rings. The number of pyridine rings is 1. The van der Waals surface area contributed by atoms with Gasteiger partial charge in [0, 0.05) is 29.2 Å². The van der Waals surface area contributed by atoms with Gasteiger partial charge in [0.1, 0.15) is 12.4 Å². The van der Waals surface area contributed by atoms with Crippen LogP contribution in [-0.4, -0.2) is 30.3 Å². The number of nitrogens with one attached hydrogen (secondary N) is 1. The first kappa shape index (κ1) is 22.9. The van der Waals surface area contributed by atoms with E-state index in [1.807, 2.05) is 19.1 Å². The van der Waals surface area contributed by atoms with Gasteiger partial charge in [-0.3, -0.25) is 9.78 Å². The molecule has 0 atom stereocenters. The second-order valence-electron chi connectivity index (χ2n) is 6.63. The standard InChI is InChI=1S/C23H21F3N2O4/c1-2-30-21-12-17(5-10-20(21)31-14-16-4-3-11-27-13-16)22(29)28-18-6-8-19(9-7-18)32-15-23(24,25)26/h3-13H,2,14-15H2,1H3,(H,28,29). The molecule has 1 heterocycles. The summed E-state index contributed by atoms with van der Waals surface area (Å²) >= 11 is 0. The largest absolute Gasteiger partial charge is 0.490 e. The van der Waals surface area contributed by atoms with Crippen LogP contribution in [0, 0.1) is 0 Å². The van der Waals surface area contributed by atoms with Gasteiger partial charge >= 0.3 is 6.18 Å². The van der Waals surface area contributed by atoms with Crippen molar-refractivity contribution in [3.05, 3.63) is 78.1 Å². The highest BCUT2D eigenvalue weighted by Gasteiger charge is 2.28. The highest BCUT2D eigenvalue weighted by Crippen LogP contribution is 2.30. The third-order valence-electron chi connectivity index (χ3n) is 4.14. The summed E-state index contributed by atoms with van der Waals surface area (Å²) in [6.45, 7) is 1.12. The number of rotatable bonds is 9. The number of halogens is 3. The lowest BCUT2D eigenvalue weighted by atomic mass is 10.1. The molecule has 0 saturated heterocycles. The van der Waals surface area contributed by atoms with Crippen LogP contribution in [0.2, 0.25) is 0 Å². The van der Waals surface area contributed by atoms with E-state index >= 15 is 0 Å². The average molecular weight is 446 g/mol. The maximum Gasteiger partial charge on any atom is 0.422 e. The van der Waals surface area contributed by atoms with E-state index in [0.717, 1.165) is 5.56 Å². The molecule has 0 bridgehead atoms. The lowest BCUT2D eigenvalue weighted by molar-refractivity contribution is -0.153. The molecule has 2 aromatic carbocycles. The molecule has 0 unspecified atom stereocenters. The fourth-order valence-electron chi connectivity index (χ4n) is 2.68. The van der Waals surface area contributed by atoms with Crippen molar-refractivity contribution in [1.82, 2.24) is 4.98 Å². The highest BCUT2D eigenvalue weighted by molar-refractivity contribution is 6.04.